The van der Waals surface area contributed by atoms with Crippen molar-refractivity contribution in [1.82, 2.24) is 4.90 Å². The number of ether oxygens (including phenoxy) is 1. The summed E-state index contributed by atoms with van der Waals surface area (Å²) in [7, 11) is 0. The number of nitrogens with zero attached hydrogens (tertiary/aromatic N) is 1. The number of rotatable bonds is 7. The lowest BCUT2D eigenvalue weighted by Gasteiger charge is -2.12. The van der Waals surface area contributed by atoms with Gasteiger partial charge in [-0.05, 0) is 48.0 Å². The van der Waals surface area contributed by atoms with E-state index in [0.717, 1.165) is 4.90 Å². The molecule has 1 aromatic heterocycles. The third-order valence-corrected chi connectivity index (χ3v) is 5.36. The number of hydrogen-bond acceptors (Lipinski definition) is 7. The quantitative estimate of drug-likeness (QED) is 0.470. The van der Waals surface area contributed by atoms with E-state index in [1.807, 2.05) is 13.8 Å². The van der Waals surface area contributed by atoms with E-state index in [0.29, 0.717) is 23.1 Å². The molecule has 1 aliphatic rings. The first-order chi connectivity index (χ1) is 14.7. The highest BCUT2D eigenvalue weighted by atomic mass is 35.5. The van der Waals surface area contributed by atoms with E-state index in [2.05, 4.69) is 0 Å². The van der Waals surface area contributed by atoms with E-state index < -0.39 is 29.6 Å². The monoisotopic (exact) mass is 463 g/mol. The van der Waals surface area contributed by atoms with Gasteiger partial charge in [-0.2, -0.15) is 0 Å². The van der Waals surface area contributed by atoms with Crippen LogP contribution in [-0.4, -0.2) is 46.2 Å². The molecule has 1 N–H and O–H groups in total. The van der Waals surface area contributed by atoms with E-state index in [1.54, 1.807) is 18.2 Å². The van der Waals surface area contributed by atoms with Crippen LogP contribution in [0.15, 0.2) is 39.7 Å². The first-order valence-electron chi connectivity index (χ1n) is 9.19. The minimum Gasteiger partial charge on any atom is -0.478 e. The van der Waals surface area contributed by atoms with Gasteiger partial charge >= 0.3 is 11.9 Å². The summed E-state index contributed by atoms with van der Waals surface area (Å²) in [5, 5.41) is 8.72. The first-order valence-corrected chi connectivity index (χ1v) is 10.4. The van der Waals surface area contributed by atoms with Gasteiger partial charge in [0, 0.05) is 11.6 Å². The fraction of sp³-hybridized carbons (Fsp3) is 0.238. The van der Waals surface area contributed by atoms with Gasteiger partial charge in [-0.15, -0.1) is 0 Å². The predicted molar refractivity (Wildman–Crippen MR) is 115 cm³/mol. The van der Waals surface area contributed by atoms with E-state index >= 15 is 0 Å². The van der Waals surface area contributed by atoms with Crippen LogP contribution in [0.25, 0.3) is 17.4 Å². The Labute approximate surface area is 186 Å². The van der Waals surface area contributed by atoms with Crippen molar-refractivity contribution in [3.8, 4) is 11.3 Å². The number of esters is 1. The fourth-order valence-electron chi connectivity index (χ4n) is 2.63. The number of carboxylic acids is 1. The van der Waals surface area contributed by atoms with Gasteiger partial charge in [-0.1, -0.05) is 25.4 Å². The molecule has 31 heavy (non-hydrogen) atoms. The number of amides is 2. The van der Waals surface area contributed by atoms with Gasteiger partial charge < -0.3 is 14.3 Å². The summed E-state index contributed by atoms with van der Waals surface area (Å²) in [6, 6.07) is 7.62. The van der Waals surface area contributed by atoms with Gasteiger partial charge in [0.05, 0.1) is 22.1 Å². The second-order valence-corrected chi connectivity index (χ2v) is 8.45. The van der Waals surface area contributed by atoms with Crippen LogP contribution in [0.3, 0.4) is 0 Å². The molecule has 2 heterocycles. The topological polar surface area (TPSA) is 114 Å². The molecule has 8 nitrogen and oxygen atoms in total. The van der Waals surface area contributed by atoms with Crippen LogP contribution in [-0.2, 0) is 14.3 Å². The smallest absolute Gasteiger partial charge is 0.337 e. The van der Waals surface area contributed by atoms with Crippen LogP contribution in [0.4, 0.5) is 4.79 Å². The van der Waals surface area contributed by atoms with Gasteiger partial charge in [0.25, 0.3) is 11.1 Å². The molecule has 1 fully saturated rings. The highest BCUT2D eigenvalue weighted by Gasteiger charge is 2.37. The molecule has 0 atom stereocenters. The van der Waals surface area contributed by atoms with Crippen molar-refractivity contribution in [2.75, 3.05) is 13.2 Å². The molecule has 10 heteroatoms. The highest BCUT2D eigenvalue weighted by molar-refractivity contribution is 8.18. The maximum Gasteiger partial charge on any atom is 0.337 e. The maximum absolute atomic E-state index is 12.5. The molecule has 0 radical (unpaired) electrons. The summed E-state index contributed by atoms with van der Waals surface area (Å²) < 4.78 is 10.7. The minimum absolute atomic E-state index is 0.0670. The highest BCUT2D eigenvalue weighted by Crippen LogP contribution is 2.33. The van der Waals surface area contributed by atoms with E-state index in [4.69, 9.17) is 20.8 Å². The van der Waals surface area contributed by atoms with Crippen LogP contribution in [0.2, 0.25) is 5.02 Å². The zero-order chi connectivity index (χ0) is 22.7. The Morgan fingerprint density at radius 1 is 1.26 bits per heavy atom. The third kappa shape index (κ3) is 5.36. The van der Waals surface area contributed by atoms with E-state index in [-0.39, 0.29) is 33.8 Å². The molecular weight excluding hydrogens is 446 g/mol. The Bertz CT molecular complexity index is 1090. The van der Waals surface area contributed by atoms with E-state index in [1.165, 1.54) is 18.2 Å². The SMILES string of the molecule is CC(C)COC(=O)CN1C(=O)S/C(=C/c2ccc(-c3ccc(Cl)c(C(=O)O)c3)o2)C1=O. The molecule has 0 unspecified atom stereocenters. The van der Waals surface area contributed by atoms with Crippen molar-refractivity contribution in [1.29, 1.82) is 0 Å². The van der Waals surface area contributed by atoms with Gasteiger partial charge in [0.2, 0.25) is 0 Å². The van der Waals surface area contributed by atoms with Crippen molar-refractivity contribution in [3.05, 3.63) is 51.6 Å². The zero-order valence-corrected chi connectivity index (χ0v) is 18.2. The second kappa shape index (κ2) is 9.40. The Morgan fingerprint density at radius 3 is 2.68 bits per heavy atom. The number of hydrogen-bond donors (Lipinski definition) is 1. The number of thioether (sulfide) groups is 1. The fourth-order valence-corrected chi connectivity index (χ4v) is 3.64. The first kappa shape index (κ1) is 22.6. The standard InChI is InChI=1S/C21H18ClNO7S/c1-11(2)10-29-18(24)9-23-19(25)17(31-21(23)28)8-13-4-6-16(30-13)12-3-5-15(22)14(7-12)20(26)27/h3-8,11H,9-10H2,1-2H3,(H,26,27)/b17-8+. The Hall–Kier alpha value is -3.04. The summed E-state index contributed by atoms with van der Waals surface area (Å²) in [6.45, 7) is 3.50. The molecule has 162 valence electrons. The Balaban J connectivity index is 1.75. The minimum atomic E-state index is -1.17. The molecule has 0 bridgehead atoms. The number of carbonyl (C=O) groups is 4. The van der Waals surface area contributed by atoms with Crippen molar-refractivity contribution >= 4 is 52.5 Å². The number of carboxylic acid groups (broad SMARTS) is 1. The zero-order valence-electron chi connectivity index (χ0n) is 16.6. The number of halogens is 1. The Kier molecular flexibility index (Phi) is 6.87. The maximum atomic E-state index is 12.5. The van der Waals surface area contributed by atoms with Crippen molar-refractivity contribution in [2.24, 2.45) is 5.92 Å². The molecule has 2 amide bonds. The lowest BCUT2D eigenvalue weighted by atomic mass is 10.1. The summed E-state index contributed by atoms with van der Waals surface area (Å²) in [5.74, 6) is -1.65. The van der Waals surface area contributed by atoms with Gasteiger partial charge in [-0.25, -0.2) is 4.79 Å². The molecular formula is C21H18ClNO7S. The van der Waals surface area contributed by atoms with Crippen LogP contribution in [0.1, 0.15) is 30.0 Å². The summed E-state index contributed by atoms with van der Waals surface area (Å²) in [4.78, 5) is 48.7. The van der Waals surface area contributed by atoms with Gasteiger partial charge in [-0.3, -0.25) is 19.3 Å². The van der Waals surface area contributed by atoms with Crippen LogP contribution in [0.5, 0.6) is 0 Å². The van der Waals surface area contributed by atoms with Crippen molar-refractivity contribution < 1.29 is 33.4 Å². The van der Waals surface area contributed by atoms with Crippen molar-refractivity contribution in [2.45, 2.75) is 13.8 Å². The lowest BCUT2D eigenvalue weighted by Crippen LogP contribution is -2.34. The molecule has 3 rings (SSSR count). The molecule has 1 saturated heterocycles. The number of aromatic carboxylic acids is 1. The third-order valence-electron chi connectivity index (χ3n) is 4.12. The second-order valence-electron chi connectivity index (χ2n) is 7.05. The molecule has 1 aromatic carbocycles. The van der Waals surface area contributed by atoms with Gasteiger partial charge in [0.15, 0.2) is 0 Å². The lowest BCUT2D eigenvalue weighted by molar-refractivity contribution is -0.147. The molecule has 0 aliphatic carbocycles. The van der Waals surface area contributed by atoms with Crippen molar-refractivity contribution in [3.63, 3.8) is 0 Å². The molecule has 0 spiro atoms. The molecule has 0 saturated carbocycles. The predicted octanol–water partition coefficient (Wildman–Crippen LogP) is 4.53. The molecule has 1 aliphatic heterocycles. The summed E-state index contributed by atoms with van der Waals surface area (Å²) >= 11 is 6.57. The average molecular weight is 464 g/mol. The van der Waals surface area contributed by atoms with Crippen LogP contribution in [0, 0.1) is 5.92 Å². The number of furan rings is 1. The number of imide groups is 1. The summed E-state index contributed by atoms with van der Waals surface area (Å²) in [6.07, 6.45) is 1.39. The van der Waals surface area contributed by atoms with Gasteiger partial charge in [0.1, 0.15) is 18.1 Å². The summed E-state index contributed by atoms with van der Waals surface area (Å²) in [5.41, 5.74) is 0.421. The molecule has 2 aromatic rings. The van der Waals surface area contributed by atoms with Crippen LogP contribution >= 0.6 is 23.4 Å². The Morgan fingerprint density at radius 2 is 2.00 bits per heavy atom. The number of carbonyl (C=O) groups excluding carboxylic acids is 3. The van der Waals surface area contributed by atoms with E-state index in [9.17, 15) is 24.3 Å². The normalized spacial score (nSPS) is 15.2. The number of benzene rings is 1. The average Bonchev–Trinajstić information content (AvgIpc) is 3.27. The van der Waals surface area contributed by atoms with Crippen LogP contribution < -0.4 is 0 Å². The largest absolute Gasteiger partial charge is 0.478 e.